The highest BCUT2D eigenvalue weighted by atomic mass is 16.5. The van der Waals surface area contributed by atoms with Crippen molar-refractivity contribution in [3.05, 3.63) is 78.8 Å². The number of aromatic nitrogens is 3. The van der Waals surface area contributed by atoms with Crippen molar-refractivity contribution >= 4 is 16.9 Å². The first-order chi connectivity index (χ1) is 14.2. The molecule has 2 aromatic carbocycles. The van der Waals surface area contributed by atoms with Gasteiger partial charge in [-0.1, -0.05) is 18.2 Å². The molecule has 0 unspecified atom stereocenters. The molecular formula is C22H20N4O3. The van der Waals surface area contributed by atoms with Gasteiger partial charge in [0.15, 0.2) is 6.61 Å². The van der Waals surface area contributed by atoms with E-state index in [9.17, 15) is 4.79 Å². The summed E-state index contributed by atoms with van der Waals surface area (Å²) < 4.78 is 12.5. The maximum atomic E-state index is 12.0. The number of nitrogens with one attached hydrogen (secondary N) is 1. The molecule has 0 saturated carbocycles. The van der Waals surface area contributed by atoms with Gasteiger partial charge in [0.1, 0.15) is 23.6 Å². The fourth-order valence-corrected chi connectivity index (χ4v) is 2.88. The van der Waals surface area contributed by atoms with Gasteiger partial charge in [-0.3, -0.25) is 9.36 Å². The third kappa shape index (κ3) is 4.35. The van der Waals surface area contributed by atoms with Gasteiger partial charge in [0.25, 0.3) is 5.91 Å². The van der Waals surface area contributed by atoms with Gasteiger partial charge < -0.3 is 14.8 Å². The normalized spacial score (nSPS) is 10.7. The number of pyridine rings is 1. The molecule has 0 saturated heterocycles. The molecule has 0 atom stereocenters. The number of fused-ring (bicyclic) bond motifs is 1. The average molecular weight is 388 g/mol. The third-order valence-electron chi connectivity index (χ3n) is 4.43. The number of amides is 1. The van der Waals surface area contributed by atoms with E-state index in [0.29, 0.717) is 12.3 Å². The molecule has 0 fully saturated rings. The van der Waals surface area contributed by atoms with Gasteiger partial charge in [-0.05, 0) is 48.0 Å². The quantitative estimate of drug-likeness (QED) is 0.526. The topological polar surface area (TPSA) is 78.3 Å². The molecule has 7 nitrogen and oxygen atoms in total. The molecule has 0 aliphatic carbocycles. The number of methoxy groups -OCH3 is 1. The number of nitrogens with zero attached hydrogens (tertiary/aromatic N) is 3. The molecule has 0 aliphatic heterocycles. The second-order valence-corrected chi connectivity index (χ2v) is 6.37. The van der Waals surface area contributed by atoms with Gasteiger partial charge in [0, 0.05) is 12.7 Å². The Hall–Kier alpha value is -3.87. The van der Waals surface area contributed by atoms with Crippen LogP contribution in [0.3, 0.4) is 0 Å². The molecule has 1 amide bonds. The predicted octanol–water partition coefficient (Wildman–Crippen LogP) is 3.12. The first kappa shape index (κ1) is 18.5. The summed E-state index contributed by atoms with van der Waals surface area (Å²) in [5.41, 5.74) is 2.82. The number of ether oxygens (including phenoxy) is 2. The zero-order chi connectivity index (χ0) is 20.1. The van der Waals surface area contributed by atoms with Crippen LogP contribution in [0, 0.1) is 0 Å². The molecule has 0 spiro atoms. The lowest BCUT2D eigenvalue weighted by Crippen LogP contribution is -2.28. The molecule has 0 radical (unpaired) electrons. The fraction of sp³-hybridized carbons (Fsp3) is 0.136. The van der Waals surface area contributed by atoms with Crippen LogP contribution in [-0.2, 0) is 11.3 Å². The van der Waals surface area contributed by atoms with Gasteiger partial charge in [-0.15, -0.1) is 0 Å². The van der Waals surface area contributed by atoms with Crippen LogP contribution in [0.2, 0.25) is 0 Å². The van der Waals surface area contributed by atoms with E-state index in [-0.39, 0.29) is 12.5 Å². The lowest BCUT2D eigenvalue weighted by Gasteiger charge is -2.09. The second-order valence-electron chi connectivity index (χ2n) is 6.37. The Labute approximate surface area is 167 Å². The first-order valence-electron chi connectivity index (χ1n) is 9.14. The Morgan fingerprint density at radius 3 is 2.55 bits per heavy atom. The van der Waals surface area contributed by atoms with Crippen LogP contribution in [0.25, 0.3) is 16.9 Å². The molecule has 4 aromatic rings. The molecule has 2 heterocycles. The number of benzene rings is 2. The summed E-state index contributed by atoms with van der Waals surface area (Å²) in [6.45, 7) is 0.321. The van der Waals surface area contributed by atoms with Crippen LogP contribution in [0.15, 0.2) is 73.2 Å². The number of carbonyl (C=O) groups excluding carboxylic acids is 1. The summed E-state index contributed by atoms with van der Waals surface area (Å²) in [4.78, 5) is 20.9. The van der Waals surface area contributed by atoms with Gasteiger partial charge in [0.05, 0.1) is 18.1 Å². The minimum atomic E-state index is -0.203. The van der Waals surface area contributed by atoms with Crippen molar-refractivity contribution in [2.75, 3.05) is 13.7 Å². The highest BCUT2D eigenvalue weighted by Gasteiger charge is 2.06. The molecule has 1 N–H and O–H groups in total. The summed E-state index contributed by atoms with van der Waals surface area (Å²) in [6.07, 6.45) is 3.50. The lowest BCUT2D eigenvalue weighted by atomic mass is 10.2. The van der Waals surface area contributed by atoms with Crippen molar-refractivity contribution in [3.8, 4) is 17.3 Å². The Bertz CT molecular complexity index is 1110. The molecule has 7 heteroatoms. The number of rotatable bonds is 7. The Morgan fingerprint density at radius 2 is 1.79 bits per heavy atom. The zero-order valence-electron chi connectivity index (χ0n) is 15.9. The van der Waals surface area contributed by atoms with Crippen LogP contribution in [0.1, 0.15) is 5.56 Å². The Kier molecular flexibility index (Phi) is 5.38. The standard InChI is InChI=1S/C22H20N4O3/c1-28-17-7-9-18(10-8-17)29-14-22(27)24-13-16-6-11-21(23-12-16)26-15-25-19-4-2-3-5-20(19)26/h2-12,15H,13-14H2,1H3,(H,24,27). The smallest absolute Gasteiger partial charge is 0.258 e. The van der Waals surface area contributed by atoms with Crippen molar-refractivity contribution in [1.29, 1.82) is 0 Å². The highest BCUT2D eigenvalue weighted by molar-refractivity contribution is 5.77. The number of hydrogen-bond donors (Lipinski definition) is 1. The van der Waals surface area contributed by atoms with Crippen LogP contribution in [-0.4, -0.2) is 34.2 Å². The predicted molar refractivity (Wildman–Crippen MR) is 109 cm³/mol. The van der Waals surface area contributed by atoms with Crippen molar-refractivity contribution in [3.63, 3.8) is 0 Å². The van der Waals surface area contributed by atoms with E-state index < -0.39 is 0 Å². The summed E-state index contributed by atoms with van der Waals surface area (Å²) in [6, 6.07) is 18.8. The maximum absolute atomic E-state index is 12.0. The maximum Gasteiger partial charge on any atom is 0.258 e. The number of imidazole rings is 1. The van der Waals surface area contributed by atoms with Crippen molar-refractivity contribution in [2.24, 2.45) is 0 Å². The van der Waals surface area contributed by atoms with Gasteiger partial charge in [-0.2, -0.15) is 0 Å². The van der Waals surface area contributed by atoms with Crippen LogP contribution in [0.5, 0.6) is 11.5 Å². The minimum Gasteiger partial charge on any atom is -0.497 e. The SMILES string of the molecule is COc1ccc(OCC(=O)NCc2ccc(-n3cnc4ccccc43)nc2)cc1. The van der Waals surface area contributed by atoms with E-state index in [1.165, 1.54) is 0 Å². The van der Waals surface area contributed by atoms with Gasteiger partial charge >= 0.3 is 0 Å². The highest BCUT2D eigenvalue weighted by Crippen LogP contribution is 2.17. The molecule has 2 aromatic heterocycles. The van der Waals surface area contributed by atoms with Gasteiger partial charge in [-0.25, -0.2) is 9.97 Å². The first-order valence-corrected chi connectivity index (χ1v) is 9.14. The van der Waals surface area contributed by atoms with Crippen LogP contribution < -0.4 is 14.8 Å². The van der Waals surface area contributed by atoms with Gasteiger partial charge in [0.2, 0.25) is 0 Å². The Morgan fingerprint density at radius 1 is 1.00 bits per heavy atom. The average Bonchev–Trinajstić information content (AvgIpc) is 3.21. The van der Waals surface area contributed by atoms with E-state index in [0.717, 1.165) is 28.2 Å². The molecule has 4 rings (SSSR count). The fourth-order valence-electron chi connectivity index (χ4n) is 2.88. The zero-order valence-corrected chi connectivity index (χ0v) is 15.9. The largest absolute Gasteiger partial charge is 0.497 e. The molecular weight excluding hydrogens is 368 g/mol. The summed E-state index contributed by atoms with van der Waals surface area (Å²) in [5, 5.41) is 2.83. The van der Waals surface area contributed by atoms with E-state index in [1.54, 1.807) is 43.9 Å². The van der Waals surface area contributed by atoms with E-state index >= 15 is 0 Å². The summed E-state index contributed by atoms with van der Waals surface area (Å²) in [7, 11) is 1.60. The minimum absolute atomic E-state index is 0.0567. The number of carbonyl (C=O) groups is 1. The van der Waals surface area contributed by atoms with E-state index in [4.69, 9.17) is 9.47 Å². The Balaban J connectivity index is 1.31. The van der Waals surface area contributed by atoms with Crippen LogP contribution >= 0.6 is 0 Å². The van der Waals surface area contributed by atoms with Crippen molar-refractivity contribution < 1.29 is 14.3 Å². The molecule has 0 bridgehead atoms. The molecule has 0 aliphatic rings. The summed E-state index contributed by atoms with van der Waals surface area (Å²) in [5.74, 6) is 1.92. The lowest BCUT2D eigenvalue weighted by molar-refractivity contribution is -0.123. The van der Waals surface area contributed by atoms with Crippen molar-refractivity contribution in [2.45, 2.75) is 6.54 Å². The third-order valence-corrected chi connectivity index (χ3v) is 4.43. The van der Waals surface area contributed by atoms with E-state index in [1.807, 2.05) is 41.0 Å². The monoisotopic (exact) mass is 388 g/mol. The molecule has 146 valence electrons. The van der Waals surface area contributed by atoms with Crippen molar-refractivity contribution in [1.82, 2.24) is 19.9 Å². The second kappa shape index (κ2) is 8.43. The summed E-state index contributed by atoms with van der Waals surface area (Å²) >= 11 is 0. The number of hydrogen-bond acceptors (Lipinski definition) is 5. The number of para-hydroxylation sites is 2. The van der Waals surface area contributed by atoms with Crippen LogP contribution in [0.4, 0.5) is 0 Å². The van der Waals surface area contributed by atoms with E-state index in [2.05, 4.69) is 15.3 Å². The molecule has 29 heavy (non-hydrogen) atoms.